The minimum atomic E-state index is 0.352. The van der Waals surface area contributed by atoms with E-state index in [1.54, 1.807) is 6.20 Å². The van der Waals surface area contributed by atoms with Crippen molar-refractivity contribution in [3.8, 4) is 0 Å². The van der Waals surface area contributed by atoms with Crippen molar-refractivity contribution in [1.82, 2.24) is 19.5 Å². The molecule has 0 unspecified atom stereocenters. The predicted molar refractivity (Wildman–Crippen MR) is 96.4 cm³/mol. The Morgan fingerprint density at radius 1 is 1.17 bits per heavy atom. The minimum absolute atomic E-state index is 0.352. The summed E-state index contributed by atoms with van der Waals surface area (Å²) in [5, 5.41) is 4.28. The van der Waals surface area contributed by atoms with Gasteiger partial charge in [-0.2, -0.15) is 16.9 Å². The molecule has 2 saturated heterocycles. The first-order chi connectivity index (χ1) is 11.8. The Balaban J connectivity index is 1.35. The van der Waals surface area contributed by atoms with E-state index in [4.69, 9.17) is 0 Å². The Morgan fingerprint density at radius 2 is 1.96 bits per heavy atom. The number of amides is 1. The first-order valence-electron chi connectivity index (χ1n) is 8.70. The first kappa shape index (κ1) is 15.7. The van der Waals surface area contributed by atoms with E-state index in [1.807, 2.05) is 34.7 Å². The summed E-state index contributed by atoms with van der Waals surface area (Å²) in [5.74, 6) is 4.04. The van der Waals surface area contributed by atoms with Crippen molar-refractivity contribution in [3.05, 3.63) is 24.7 Å². The predicted octanol–water partition coefficient (Wildman–Crippen LogP) is 1.91. The molecule has 2 aliphatic heterocycles. The lowest BCUT2D eigenvalue weighted by molar-refractivity contribution is -0.132. The van der Waals surface area contributed by atoms with Crippen LogP contribution in [0.1, 0.15) is 19.3 Å². The molecule has 4 rings (SSSR count). The van der Waals surface area contributed by atoms with Crippen LogP contribution in [0.25, 0.3) is 5.52 Å². The monoisotopic (exact) mass is 345 g/mol. The second-order valence-electron chi connectivity index (χ2n) is 6.54. The molecule has 0 spiro atoms. The van der Waals surface area contributed by atoms with Crippen molar-refractivity contribution in [3.63, 3.8) is 0 Å². The molecule has 2 aliphatic rings. The van der Waals surface area contributed by atoms with Crippen LogP contribution in [-0.2, 0) is 4.79 Å². The van der Waals surface area contributed by atoms with Gasteiger partial charge in [-0.1, -0.05) is 0 Å². The van der Waals surface area contributed by atoms with Crippen LogP contribution in [0.5, 0.6) is 0 Å². The van der Waals surface area contributed by atoms with E-state index in [0.29, 0.717) is 18.2 Å². The summed E-state index contributed by atoms with van der Waals surface area (Å²) in [6.07, 6.45) is 8.32. The standard InChI is InChI=1S/C17H23N5OS/c23-16(20-9-11-24-12-10-20)13-14-2-6-21(7-3-14)17-15-1-4-19-22(15)8-5-18-17/h1,4-5,8,14H,2-3,6-7,9-13H2. The fourth-order valence-electron chi connectivity index (χ4n) is 3.62. The maximum atomic E-state index is 12.4. The molecule has 0 aromatic carbocycles. The summed E-state index contributed by atoms with van der Waals surface area (Å²) in [6, 6.07) is 2.01. The Bertz CT molecular complexity index is 704. The zero-order valence-electron chi connectivity index (χ0n) is 13.8. The number of carbonyl (C=O) groups is 1. The highest BCUT2D eigenvalue weighted by Gasteiger charge is 2.26. The van der Waals surface area contributed by atoms with E-state index in [0.717, 1.165) is 61.9 Å². The molecule has 0 N–H and O–H groups in total. The summed E-state index contributed by atoms with van der Waals surface area (Å²) in [6.45, 7) is 3.78. The summed E-state index contributed by atoms with van der Waals surface area (Å²) in [4.78, 5) is 21.4. The van der Waals surface area contributed by atoms with Crippen molar-refractivity contribution in [2.75, 3.05) is 42.6 Å². The lowest BCUT2D eigenvalue weighted by Gasteiger charge is -2.34. The lowest BCUT2D eigenvalue weighted by Crippen LogP contribution is -2.40. The van der Waals surface area contributed by atoms with E-state index in [2.05, 4.69) is 19.9 Å². The van der Waals surface area contributed by atoms with Crippen LogP contribution >= 0.6 is 11.8 Å². The van der Waals surface area contributed by atoms with Gasteiger partial charge < -0.3 is 9.80 Å². The van der Waals surface area contributed by atoms with Crippen molar-refractivity contribution >= 4 is 29.0 Å². The smallest absolute Gasteiger partial charge is 0.222 e. The van der Waals surface area contributed by atoms with Crippen LogP contribution in [0.3, 0.4) is 0 Å². The number of carbonyl (C=O) groups excluding carboxylic acids is 1. The zero-order valence-corrected chi connectivity index (χ0v) is 14.6. The van der Waals surface area contributed by atoms with Gasteiger partial charge in [0.15, 0.2) is 5.82 Å². The first-order valence-corrected chi connectivity index (χ1v) is 9.85. The van der Waals surface area contributed by atoms with E-state index >= 15 is 0 Å². The van der Waals surface area contributed by atoms with Gasteiger partial charge in [0.05, 0.1) is 6.20 Å². The van der Waals surface area contributed by atoms with E-state index < -0.39 is 0 Å². The van der Waals surface area contributed by atoms with E-state index in [9.17, 15) is 4.79 Å². The molecule has 0 saturated carbocycles. The maximum absolute atomic E-state index is 12.4. The Kier molecular flexibility index (Phi) is 4.60. The average Bonchev–Trinajstić information content (AvgIpc) is 3.12. The van der Waals surface area contributed by atoms with Gasteiger partial charge in [-0.3, -0.25) is 4.79 Å². The van der Waals surface area contributed by atoms with Gasteiger partial charge in [-0.15, -0.1) is 0 Å². The molecule has 24 heavy (non-hydrogen) atoms. The molecule has 2 aromatic rings. The number of piperidine rings is 1. The molecule has 128 valence electrons. The third-order valence-electron chi connectivity index (χ3n) is 5.05. The summed E-state index contributed by atoms with van der Waals surface area (Å²) < 4.78 is 1.87. The van der Waals surface area contributed by atoms with Crippen molar-refractivity contribution in [2.24, 2.45) is 5.92 Å². The van der Waals surface area contributed by atoms with Crippen LogP contribution in [0, 0.1) is 5.92 Å². The summed E-state index contributed by atoms with van der Waals surface area (Å²) >= 11 is 1.95. The zero-order chi connectivity index (χ0) is 16.4. The SMILES string of the molecule is O=C(CC1CCN(c2nccn3nccc23)CC1)N1CCSCC1. The number of anilines is 1. The van der Waals surface area contributed by atoms with Crippen LogP contribution < -0.4 is 4.90 Å². The third-order valence-corrected chi connectivity index (χ3v) is 5.99. The molecule has 7 heteroatoms. The van der Waals surface area contributed by atoms with Crippen molar-refractivity contribution in [1.29, 1.82) is 0 Å². The second kappa shape index (κ2) is 7.01. The molecule has 0 bridgehead atoms. The lowest BCUT2D eigenvalue weighted by atomic mass is 9.93. The summed E-state index contributed by atoms with van der Waals surface area (Å²) in [7, 11) is 0. The van der Waals surface area contributed by atoms with Crippen LogP contribution in [0.15, 0.2) is 24.7 Å². The Morgan fingerprint density at radius 3 is 2.75 bits per heavy atom. The molecule has 2 fully saturated rings. The second-order valence-corrected chi connectivity index (χ2v) is 7.76. The van der Waals surface area contributed by atoms with Gasteiger partial charge in [-0.25, -0.2) is 9.50 Å². The van der Waals surface area contributed by atoms with Crippen LogP contribution in [0.2, 0.25) is 0 Å². The Labute approximate surface area is 146 Å². The normalized spacial score (nSPS) is 19.8. The van der Waals surface area contributed by atoms with Gasteiger partial charge in [0, 0.05) is 56.5 Å². The maximum Gasteiger partial charge on any atom is 0.222 e. The van der Waals surface area contributed by atoms with Crippen LogP contribution in [-0.4, -0.2) is 63.1 Å². The largest absolute Gasteiger partial charge is 0.355 e. The van der Waals surface area contributed by atoms with E-state index in [1.165, 1.54) is 0 Å². The molecular formula is C17H23N5OS. The molecule has 2 aromatic heterocycles. The molecule has 1 amide bonds. The van der Waals surface area contributed by atoms with Gasteiger partial charge in [0.2, 0.25) is 5.91 Å². The quantitative estimate of drug-likeness (QED) is 0.851. The highest BCUT2D eigenvalue weighted by atomic mass is 32.2. The topological polar surface area (TPSA) is 53.7 Å². The Hall–Kier alpha value is -1.76. The van der Waals surface area contributed by atoms with Crippen molar-refractivity contribution < 1.29 is 4.79 Å². The number of hydrogen-bond acceptors (Lipinski definition) is 5. The molecule has 0 atom stereocenters. The van der Waals surface area contributed by atoms with Gasteiger partial charge >= 0.3 is 0 Å². The number of rotatable bonds is 3. The van der Waals surface area contributed by atoms with Crippen LogP contribution in [0.4, 0.5) is 5.82 Å². The third kappa shape index (κ3) is 3.22. The number of nitrogens with zero attached hydrogens (tertiary/aromatic N) is 5. The summed E-state index contributed by atoms with van der Waals surface area (Å²) in [5.41, 5.74) is 1.05. The average molecular weight is 345 g/mol. The number of thioether (sulfide) groups is 1. The fraction of sp³-hybridized carbons (Fsp3) is 0.588. The highest BCUT2D eigenvalue weighted by molar-refractivity contribution is 7.99. The molecular weight excluding hydrogens is 322 g/mol. The molecule has 0 aliphatic carbocycles. The minimum Gasteiger partial charge on any atom is -0.355 e. The van der Waals surface area contributed by atoms with E-state index in [-0.39, 0.29) is 0 Å². The van der Waals surface area contributed by atoms with Gasteiger partial charge in [0.1, 0.15) is 5.52 Å². The molecule has 0 radical (unpaired) electrons. The molecule has 6 nitrogen and oxygen atoms in total. The number of aromatic nitrogens is 3. The van der Waals surface area contributed by atoms with Gasteiger partial charge in [0.25, 0.3) is 0 Å². The number of hydrogen-bond donors (Lipinski definition) is 0. The van der Waals surface area contributed by atoms with Gasteiger partial charge in [-0.05, 0) is 24.8 Å². The van der Waals surface area contributed by atoms with Crippen molar-refractivity contribution in [2.45, 2.75) is 19.3 Å². The highest BCUT2D eigenvalue weighted by Crippen LogP contribution is 2.27. The molecule has 4 heterocycles. The number of fused-ring (bicyclic) bond motifs is 1. The fourth-order valence-corrected chi connectivity index (χ4v) is 4.53.